The molecule has 26 heavy (non-hydrogen) atoms. The molecule has 0 radical (unpaired) electrons. The van der Waals surface area contributed by atoms with Gasteiger partial charge in [0.2, 0.25) is 0 Å². The lowest BCUT2D eigenvalue weighted by Gasteiger charge is -2.22. The molecule has 0 bridgehead atoms. The van der Waals surface area contributed by atoms with Gasteiger partial charge in [0, 0.05) is 35.1 Å². The lowest BCUT2D eigenvalue weighted by atomic mass is 9.84. The standard InChI is InChI=1S/C20H26N2O2S2/c21-18(25)8-12-3-6-16-14(7-12)19(20(24)22-10-11-1-2-11)17(26-16)9-15(23)13-4-5-13/h11-13H,1-10H2,(H2,21,25)(H,22,24)/t12-/m0/s1. The van der Waals surface area contributed by atoms with Crippen molar-refractivity contribution in [1.29, 1.82) is 0 Å². The molecule has 1 heterocycles. The third-order valence-corrected chi connectivity index (χ3v) is 7.23. The molecule has 4 rings (SSSR count). The summed E-state index contributed by atoms with van der Waals surface area (Å²) in [6.45, 7) is 0.760. The first kappa shape index (κ1) is 18.1. The first-order valence-electron chi connectivity index (χ1n) is 9.74. The van der Waals surface area contributed by atoms with Crippen molar-refractivity contribution in [2.75, 3.05) is 6.54 Å². The van der Waals surface area contributed by atoms with Crippen molar-refractivity contribution in [2.45, 2.75) is 57.8 Å². The summed E-state index contributed by atoms with van der Waals surface area (Å²) in [6.07, 6.45) is 8.51. The van der Waals surface area contributed by atoms with E-state index in [0.29, 0.717) is 29.0 Å². The maximum atomic E-state index is 13.0. The molecule has 1 amide bonds. The topological polar surface area (TPSA) is 72.2 Å². The number of Topliss-reactive ketones (excluding diaryl/α,β-unsaturated/α-hetero) is 1. The molecule has 2 saturated carbocycles. The normalized spacial score (nSPS) is 21.9. The summed E-state index contributed by atoms with van der Waals surface area (Å²) in [5.41, 5.74) is 7.71. The molecule has 0 saturated heterocycles. The Kier molecular flexibility index (Phi) is 5.15. The summed E-state index contributed by atoms with van der Waals surface area (Å²) < 4.78 is 0. The summed E-state index contributed by atoms with van der Waals surface area (Å²) in [6, 6.07) is 0. The highest BCUT2D eigenvalue weighted by Crippen LogP contribution is 2.39. The van der Waals surface area contributed by atoms with Crippen molar-refractivity contribution >= 4 is 40.2 Å². The fourth-order valence-corrected chi connectivity index (χ4v) is 5.51. The molecule has 0 aliphatic heterocycles. The SMILES string of the molecule is NC(=S)C[C@H]1CCc2sc(CC(=O)C3CC3)c(C(=O)NCC3CC3)c2C1. The van der Waals surface area contributed by atoms with E-state index in [1.54, 1.807) is 11.3 Å². The van der Waals surface area contributed by atoms with Crippen LogP contribution < -0.4 is 11.1 Å². The lowest BCUT2D eigenvalue weighted by molar-refractivity contribution is -0.119. The molecule has 3 N–H and O–H groups in total. The zero-order valence-corrected chi connectivity index (χ0v) is 16.6. The Bertz CT molecular complexity index is 747. The van der Waals surface area contributed by atoms with E-state index < -0.39 is 0 Å². The van der Waals surface area contributed by atoms with E-state index in [1.165, 1.54) is 17.7 Å². The highest BCUT2D eigenvalue weighted by atomic mass is 32.1. The van der Waals surface area contributed by atoms with Crippen LogP contribution in [0.3, 0.4) is 0 Å². The average Bonchev–Trinajstić information content (AvgIpc) is 3.49. The molecule has 1 aromatic heterocycles. The first-order chi connectivity index (χ1) is 12.5. The molecule has 1 aromatic rings. The molecular formula is C20H26N2O2S2. The summed E-state index contributed by atoms with van der Waals surface area (Å²) in [5.74, 6) is 1.62. The van der Waals surface area contributed by atoms with E-state index in [-0.39, 0.29) is 11.8 Å². The van der Waals surface area contributed by atoms with Gasteiger partial charge in [-0.15, -0.1) is 11.3 Å². The number of hydrogen-bond donors (Lipinski definition) is 2. The van der Waals surface area contributed by atoms with Crippen molar-refractivity contribution < 1.29 is 9.59 Å². The smallest absolute Gasteiger partial charge is 0.252 e. The molecule has 1 atom stereocenters. The Labute approximate surface area is 163 Å². The number of amides is 1. The Morgan fingerprint density at radius 1 is 1.15 bits per heavy atom. The summed E-state index contributed by atoms with van der Waals surface area (Å²) >= 11 is 6.78. The van der Waals surface area contributed by atoms with Crippen molar-refractivity contribution in [2.24, 2.45) is 23.5 Å². The van der Waals surface area contributed by atoms with Crippen LogP contribution in [0.1, 0.15) is 64.2 Å². The third kappa shape index (κ3) is 4.17. The van der Waals surface area contributed by atoms with Gasteiger partial charge in [-0.25, -0.2) is 0 Å². The van der Waals surface area contributed by atoms with Crippen LogP contribution in [0, 0.1) is 17.8 Å². The number of nitrogens with one attached hydrogen (secondary N) is 1. The second-order valence-corrected chi connectivity index (χ2v) is 9.87. The molecule has 3 aliphatic rings. The molecule has 0 aromatic carbocycles. The van der Waals surface area contributed by atoms with Gasteiger partial charge in [-0.2, -0.15) is 0 Å². The summed E-state index contributed by atoms with van der Waals surface area (Å²) in [4.78, 5) is 28.2. The van der Waals surface area contributed by atoms with Gasteiger partial charge in [0.05, 0.1) is 10.6 Å². The van der Waals surface area contributed by atoms with Crippen LogP contribution in [0.25, 0.3) is 0 Å². The number of rotatable bonds is 8. The van der Waals surface area contributed by atoms with Crippen LogP contribution in [0.2, 0.25) is 0 Å². The number of carbonyl (C=O) groups excluding carboxylic acids is 2. The minimum absolute atomic E-state index is 0.0176. The van der Waals surface area contributed by atoms with Gasteiger partial charge in [0.1, 0.15) is 5.78 Å². The Balaban J connectivity index is 1.58. The van der Waals surface area contributed by atoms with Gasteiger partial charge in [-0.1, -0.05) is 12.2 Å². The summed E-state index contributed by atoms with van der Waals surface area (Å²) in [7, 11) is 0. The van der Waals surface area contributed by atoms with Gasteiger partial charge in [0.15, 0.2) is 0 Å². The molecule has 2 fully saturated rings. The van der Waals surface area contributed by atoms with E-state index >= 15 is 0 Å². The third-order valence-electron chi connectivity index (χ3n) is 5.77. The quantitative estimate of drug-likeness (QED) is 0.669. The van der Waals surface area contributed by atoms with E-state index in [4.69, 9.17) is 18.0 Å². The Hall–Kier alpha value is -1.27. The zero-order chi connectivity index (χ0) is 18.3. The molecule has 0 spiro atoms. The number of carbonyl (C=O) groups is 2. The number of thiophene rings is 1. The monoisotopic (exact) mass is 390 g/mol. The van der Waals surface area contributed by atoms with Gasteiger partial charge in [-0.05, 0) is 62.3 Å². The maximum Gasteiger partial charge on any atom is 0.252 e. The highest BCUT2D eigenvalue weighted by molar-refractivity contribution is 7.80. The largest absolute Gasteiger partial charge is 0.393 e. The van der Waals surface area contributed by atoms with Crippen LogP contribution in [0.4, 0.5) is 0 Å². The van der Waals surface area contributed by atoms with Crippen molar-refractivity contribution in [3.63, 3.8) is 0 Å². The zero-order valence-electron chi connectivity index (χ0n) is 15.0. The van der Waals surface area contributed by atoms with E-state index in [9.17, 15) is 9.59 Å². The number of aryl methyl sites for hydroxylation is 1. The van der Waals surface area contributed by atoms with Crippen LogP contribution in [-0.2, 0) is 24.1 Å². The number of thiocarbonyl (C=S) groups is 1. The maximum absolute atomic E-state index is 13.0. The van der Waals surface area contributed by atoms with Crippen LogP contribution >= 0.6 is 23.6 Å². The molecular weight excluding hydrogens is 364 g/mol. The van der Waals surface area contributed by atoms with E-state index in [1.807, 2.05) is 0 Å². The fraction of sp³-hybridized carbons (Fsp3) is 0.650. The van der Waals surface area contributed by atoms with Crippen LogP contribution in [0.5, 0.6) is 0 Å². The molecule has 6 heteroatoms. The number of ketones is 1. The van der Waals surface area contributed by atoms with Crippen LogP contribution in [0.15, 0.2) is 0 Å². The first-order valence-corrected chi connectivity index (χ1v) is 11.0. The van der Waals surface area contributed by atoms with Crippen molar-refractivity contribution in [3.05, 3.63) is 20.9 Å². The second-order valence-electron chi connectivity index (χ2n) is 8.15. The molecule has 0 unspecified atom stereocenters. The minimum atomic E-state index is 0.0176. The fourth-order valence-electron chi connectivity index (χ4n) is 3.92. The number of hydrogen-bond acceptors (Lipinski definition) is 4. The van der Waals surface area contributed by atoms with Gasteiger partial charge in [-0.3, -0.25) is 9.59 Å². The number of nitrogens with two attached hydrogens (primary N) is 1. The van der Waals surface area contributed by atoms with E-state index in [0.717, 1.165) is 61.1 Å². The van der Waals surface area contributed by atoms with Crippen LogP contribution in [-0.4, -0.2) is 23.2 Å². The molecule has 3 aliphatic carbocycles. The van der Waals surface area contributed by atoms with Crippen molar-refractivity contribution in [1.82, 2.24) is 5.32 Å². The second kappa shape index (κ2) is 7.39. The summed E-state index contributed by atoms with van der Waals surface area (Å²) in [5, 5.41) is 3.12. The predicted octanol–water partition coefficient (Wildman–Crippen LogP) is 3.19. The minimum Gasteiger partial charge on any atom is -0.393 e. The van der Waals surface area contributed by atoms with Gasteiger partial charge < -0.3 is 11.1 Å². The van der Waals surface area contributed by atoms with Crippen molar-refractivity contribution in [3.8, 4) is 0 Å². The average molecular weight is 391 g/mol. The Morgan fingerprint density at radius 3 is 2.58 bits per heavy atom. The molecule has 140 valence electrons. The highest BCUT2D eigenvalue weighted by Gasteiger charge is 2.34. The van der Waals surface area contributed by atoms with E-state index in [2.05, 4.69) is 5.32 Å². The predicted molar refractivity (Wildman–Crippen MR) is 108 cm³/mol. The van der Waals surface area contributed by atoms with Gasteiger partial charge in [0.25, 0.3) is 5.91 Å². The Morgan fingerprint density at radius 2 is 1.92 bits per heavy atom. The lowest BCUT2D eigenvalue weighted by Crippen LogP contribution is -2.28. The number of fused-ring (bicyclic) bond motifs is 1. The molecule has 4 nitrogen and oxygen atoms in total. The van der Waals surface area contributed by atoms with Gasteiger partial charge >= 0.3 is 0 Å².